The molecular weight excluding hydrogens is 392 g/mol. The van der Waals surface area contributed by atoms with Crippen molar-refractivity contribution >= 4 is 21.7 Å². The summed E-state index contributed by atoms with van der Waals surface area (Å²) in [5.41, 5.74) is 1.07. The van der Waals surface area contributed by atoms with E-state index in [0.717, 1.165) is 18.7 Å². The molecule has 1 N–H and O–H groups in total. The van der Waals surface area contributed by atoms with Gasteiger partial charge in [0.2, 0.25) is 11.8 Å². The Kier molecular flexibility index (Phi) is 7.26. The van der Waals surface area contributed by atoms with Gasteiger partial charge in [-0.05, 0) is 12.0 Å². The first-order valence-corrected chi connectivity index (χ1v) is 11.9. The van der Waals surface area contributed by atoms with E-state index in [2.05, 4.69) is 15.1 Å². The highest BCUT2D eigenvalue weighted by Crippen LogP contribution is 2.17. The van der Waals surface area contributed by atoms with Crippen LogP contribution in [0.2, 0.25) is 0 Å². The lowest BCUT2D eigenvalue weighted by molar-refractivity contribution is -0.133. The lowest BCUT2D eigenvalue weighted by Gasteiger charge is -2.35. The van der Waals surface area contributed by atoms with Crippen LogP contribution >= 0.6 is 0 Å². The van der Waals surface area contributed by atoms with Crippen molar-refractivity contribution in [1.29, 1.82) is 0 Å². The first-order chi connectivity index (χ1) is 13.8. The summed E-state index contributed by atoms with van der Waals surface area (Å²) in [5.74, 6) is 0.197. The van der Waals surface area contributed by atoms with Gasteiger partial charge in [0.05, 0.1) is 24.6 Å². The topological polar surface area (TPSA) is 90.0 Å². The summed E-state index contributed by atoms with van der Waals surface area (Å²) in [7, 11) is -1.30. The van der Waals surface area contributed by atoms with Crippen molar-refractivity contribution in [3.63, 3.8) is 0 Å². The van der Waals surface area contributed by atoms with Gasteiger partial charge in [-0.2, -0.15) is 0 Å². The molecule has 2 fully saturated rings. The average molecular weight is 423 g/mol. The molecule has 29 heavy (non-hydrogen) atoms. The predicted molar refractivity (Wildman–Crippen MR) is 111 cm³/mol. The number of nitrogens with zero attached hydrogens (tertiary/aromatic N) is 3. The summed E-state index contributed by atoms with van der Waals surface area (Å²) in [6, 6.07) is 9.60. The van der Waals surface area contributed by atoms with E-state index in [4.69, 9.17) is 0 Å². The molecule has 1 aromatic carbocycles. The minimum atomic E-state index is -3.00. The molecule has 1 aromatic rings. The molecule has 8 nitrogen and oxygen atoms in total. The summed E-state index contributed by atoms with van der Waals surface area (Å²) in [6.07, 6.45) is 0.524. The SMILES string of the molecule is CN(C(=O)CN1CCN(CC(=O)NCc2ccccc2)CC1)C1CCS(=O)(=O)C1. The van der Waals surface area contributed by atoms with Crippen molar-refractivity contribution < 1.29 is 18.0 Å². The molecule has 2 saturated heterocycles. The van der Waals surface area contributed by atoms with Crippen LogP contribution in [0.1, 0.15) is 12.0 Å². The molecule has 0 radical (unpaired) electrons. The van der Waals surface area contributed by atoms with Crippen molar-refractivity contribution in [2.24, 2.45) is 0 Å². The van der Waals surface area contributed by atoms with E-state index < -0.39 is 9.84 Å². The van der Waals surface area contributed by atoms with Crippen LogP contribution in [0.25, 0.3) is 0 Å². The van der Waals surface area contributed by atoms with Crippen LogP contribution in [0.3, 0.4) is 0 Å². The Hall–Kier alpha value is -1.97. The average Bonchev–Trinajstić information content (AvgIpc) is 3.08. The molecule has 2 heterocycles. The highest BCUT2D eigenvalue weighted by molar-refractivity contribution is 7.91. The van der Waals surface area contributed by atoms with Crippen molar-refractivity contribution in [2.45, 2.75) is 19.0 Å². The third kappa shape index (κ3) is 6.52. The fourth-order valence-corrected chi connectivity index (χ4v) is 5.52. The van der Waals surface area contributed by atoms with Crippen molar-refractivity contribution in [3.05, 3.63) is 35.9 Å². The monoisotopic (exact) mass is 422 g/mol. The number of amides is 2. The maximum Gasteiger partial charge on any atom is 0.236 e. The van der Waals surface area contributed by atoms with Gasteiger partial charge in [-0.25, -0.2) is 8.42 Å². The minimum Gasteiger partial charge on any atom is -0.351 e. The Morgan fingerprint density at radius 1 is 1.07 bits per heavy atom. The number of carbonyl (C=O) groups is 2. The van der Waals surface area contributed by atoms with E-state index in [9.17, 15) is 18.0 Å². The fraction of sp³-hybridized carbons (Fsp3) is 0.600. The maximum absolute atomic E-state index is 12.5. The van der Waals surface area contributed by atoms with E-state index in [1.54, 1.807) is 11.9 Å². The molecule has 3 rings (SSSR count). The van der Waals surface area contributed by atoms with Crippen LogP contribution in [0.5, 0.6) is 0 Å². The maximum atomic E-state index is 12.5. The molecule has 0 spiro atoms. The Morgan fingerprint density at radius 2 is 1.69 bits per heavy atom. The second-order valence-corrected chi connectivity index (χ2v) is 10.1. The van der Waals surface area contributed by atoms with Crippen LogP contribution in [0.15, 0.2) is 30.3 Å². The highest BCUT2D eigenvalue weighted by Gasteiger charge is 2.33. The van der Waals surface area contributed by atoms with Crippen molar-refractivity contribution in [1.82, 2.24) is 20.0 Å². The number of nitrogens with one attached hydrogen (secondary N) is 1. The molecule has 2 aliphatic heterocycles. The second kappa shape index (κ2) is 9.69. The van der Waals surface area contributed by atoms with Crippen LogP contribution < -0.4 is 5.32 Å². The largest absolute Gasteiger partial charge is 0.351 e. The fourth-order valence-electron chi connectivity index (χ4n) is 3.75. The van der Waals surface area contributed by atoms with Crippen LogP contribution in [0, 0.1) is 0 Å². The standard InChI is InChI=1S/C20H30N4O4S/c1-22(18-7-12-29(27,28)16-18)20(26)15-24-10-8-23(9-11-24)14-19(25)21-13-17-5-3-2-4-6-17/h2-6,18H,7-16H2,1H3,(H,21,25). The summed E-state index contributed by atoms with van der Waals surface area (Å²) in [4.78, 5) is 30.4. The van der Waals surface area contributed by atoms with E-state index in [1.165, 1.54) is 0 Å². The third-order valence-corrected chi connectivity index (χ3v) is 7.42. The summed E-state index contributed by atoms with van der Waals surface area (Å²) in [5, 5.41) is 2.94. The van der Waals surface area contributed by atoms with Gasteiger partial charge in [-0.1, -0.05) is 30.3 Å². The van der Waals surface area contributed by atoms with Gasteiger partial charge in [-0.15, -0.1) is 0 Å². The summed E-state index contributed by atoms with van der Waals surface area (Å²) < 4.78 is 23.2. The number of rotatable bonds is 7. The first-order valence-electron chi connectivity index (χ1n) is 10.0. The van der Waals surface area contributed by atoms with Crippen molar-refractivity contribution in [3.8, 4) is 0 Å². The quantitative estimate of drug-likeness (QED) is 0.641. The second-order valence-electron chi connectivity index (χ2n) is 7.88. The van der Waals surface area contributed by atoms with Gasteiger partial charge >= 0.3 is 0 Å². The van der Waals surface area contributed by atoms with E-state index in [-0.39, 0.29) is 29.4 Å². The number of hydrogen-bond acceptors (Lipinski definition) is 6. The normalized spacial score (nSPS) is 22.3. The Morgan fingerprint density at radius 3 is 2.28 bits per heavy atom. The van der Waals surface area contributed by atoms with Gasteiger partial charge in [0.15, 0.2) is 9.84 Å². The molecule has 1 unspecified atom stereocenters. The molecule has 0 aromatic heterocycles. The molecule has 0 saturated carbocycles. The number of hydrogen-bond donors (Lipinski definition) is 1. The molecule has 0 bridgehead atoms. The summed E-state index contributed by atoms with van der Waals surface area (Å²) >= 11 is 0. The van der Waals surface area contributed by atoms with E-state index in [0.29, 0.717) is 39.1 Å². The first kappa shape index (κ1) is 21.7. The zero-order valence-electron chi connectivity index (χ0n) is 16.9. The number of carbonyl (C=O) groups excluding carboxylic acids is 2. The number of likely N-dealkylation sites (N-methyl/N-ethyl adjacent to an activating group) is 1. The van der Waals surface area contributed by atoms with Gasteiger partial charge in [0.25, 0.3) is 0 Å². The number of benzene rings is 1. The smallest absolute Gasteiger partial charge is 0.236 e. The lowest BCUT2D eigenvalue weighted by Crippen LogP contribution is -2.52. The van der Waals surface area contributed by atoms with Crippen molar-refractivity contribution in [2.75, 3.05) is 57.8 Å². The Bertz CT molecular complexity index is 807. The van der Waals surface area contributed by atoms with Gasteiger partial charge in [0.1, 0.15) is 0 Å². The van der Waals surface area contributed by atoms with Crippen LogP contribution in [-0.2, 0) is 26.0 Å². The molecule has 0 aliphatic carbocycles. The predicted octanol–water partition coefficient (Wildman–Crippen LogP) is -0.434. The Balaban J connectivity index is 1.35. The number of sulfone groups is 1. The minimum absolute atomic E-state index is 0.000514. The molecule has 2 amide bonds. The number of piperazine rings is 1. The zero-order valence-corrected chi connectivity index (χ0v) is 17.7. The zero-order chi connectivity index (χ0) is 20.9. The van der Waals surface area contributed by atoms with E-state index in [1.807, 2.05) is 30.3 Å². The van der Waals surface area contributed by atoms with Gasteiger partial charge in [0, 0.05) is 45.8 Å². The van der Waals surface area contributed by atoms with Crippen LogP contribution in [0.4, 0.5) is 0 Å². The third-order valence-electron chi connectivity index (χ3n) is 5.67. The molecule has 2 aliphatic rings. The lowest BCUT2D eigenvalue weighted by atomic mass is 10.2. The summed E-state index contributed by atoms with van der Waals surface area (Å²) in [6.45, 7) is 4.07. The van der Waals surface area contributed by atoms with Crippen LogP contribution in [-0.4, -0.2) is 98.8 Å². The van der Waals surface area contributed by atoms with Gasteiger partial charge in [-0.3, -0.25) is 19.4 Å². The molecule has 160 valence electrons. The van der Waals surface area contributed by atoms with Gasteiger partial charge < -0.3 is 10.2 Å². The molecule has 1 atom stereocenters. The van der Waals surface area contributed by atoms with E-state index >= 15 is 0 Å². The Labute approximate surface area is 172 Å². The molecular formula is C20H30N4O4S. The highest BCUT2D eigenvalue weighted by atomic mass is 32.2. The molecule has 9 heteroatoms.